The van der Waals surface area contributed by atoms with E-state index in [1.165, 1.54) is 27.7 Å². The molecular formula is C37H59FN2O11. The van der Waals surface area contributed by atoms with E-state index >= 15 is 4.39 Å². The molecule has 0 radical (unpaired) electrons. The normalized spacial score (nSPS) is 42.8. The van der Waals surface area contributed by atoms with Crippen LogP contribution in [0.5, 0.6) is 0 Å². The number of aliphatic imine (C=N–C) groups is 1. The van der Waals surface area contributed by atoms with Gasteiger partial charge in [-0.2, -0.15) is 0 Å². The fourth-order valence-corrected chi connectivity index (χ4v) is 7.90. The largest absolute Gasteiger partial charge is 0.457 e. The lowest BCUT2D eigenvalue weighted by Crippen LogP contribution is -2.62. The van der Waals surface area contributed by atoms with Crippen molar-refractivity contribution in [1.29, 1.82) is 0 Å². The Morgan fingerprint density at radius 3 is 2.25 bits per heavy atom. The minimum absolute atomic E-state index is 0.0372. The van der Waals surface area contributed by atoms with Gasteiger partial charge in [-0.15, -0.1) is 0 Å². The summed E-state index contributed by atoms with van der Waals surface area (Å²) in [6.07, 6.45) is -5.76. The molecule has 2 bridgehead atoms. The maximum Gasteiger partial charge on any atom is 0.351 e. The molecule has 3 saturated heterocycles. The topological polar surface area (TPSA) is 159 Å². The first-order valence-electron chi connectivity index (χ1n) is 17.8. The number of carbonyl (C=O) groups is 4. The lowest BCUT2D eigenvalue weighted by molar-refractivity contribution is -0.299. The number of alkyl halides is 1. The number of hydrogen-bond acceptors (Lipinski definition) is 12. The number of ether oxygens (including phenoxy) is 6. The van der Waals surface area contributed by atoms with Crippen LogP contribution in [-0.2, 0) is 47.6 Å². The second kappa shape index (κ2) is 16.6. The average molecular weight is 727 g/mol. The van der Waals surface area contributed by atoms with Crippen molar-refractivity contribution in [2.45, 2.75) is 148 Å². The van der Waals surface area contributed by atoms with Crippen LogP contribution in [0.4, 0.5) is 4.39 Å². The van der Waals surface area contributed by atoms with Gasteiger partial charge in [-0.25, -0.2) is 14.2 Å². The number of rotatable bonds is 5. The predicted octanol–water partition coefficient (Wildman–Crippen LogP) is 3.77. The summed E-state index contributed by atoms with van der Waals surface area (Å²) in [5.41, 5.74) is -5.77. The first-order valence-corrected chi connectivity index (χ1v) is 17.8. The number of Topliss-reactive ketones (excluding diaryl/α,β-unsaturated/α-hetero) is 1. The minimum atomic E-state index is -3.18. The molecule has 3 fully saturated rings. The Hall–Kier alpha value is -2.62. The molecule has 1 N–H and O–H groups in total. The van der Waals surface area contributed by atoms with Crippen molar-refractivity contribution in [2.24, 2.45) is 22.7 Å². The third kappa shape index (κ3) is 9.49. The lowest BCUT2D eigenvalue weighted by Gasteiger charge is -2.48. The monoisotopic (exact) mass is 726 g/mol. The highest BCUT2D eigenvalue weighted by Gasteiger charge is 2.57. The number of esters is 2. The van der Waals surface area contributed by atoms with Crippen LogP contribution in [0.15, 0.2) is 17.1 Å². The van der Waals surface area contributed by atoms with Crippen molar-refractivity contribution in [2.75, 3.05) is 27.3 Å². The summed E-state index contributed by atoms with van der Waals surface area (Å²) < 4.78 is 54.0. The number of likely N-dealkylation sites (N-methyl/N-ethyl adjacent to an activating group) is 1. The van der Waals surface area contributed by atoms with Gasteiger partial charge < -0.3 is 38.4 Å². The summed E-state index contributed by atoms with van der Waals surface area (Å²) in [6, 6.07) is -0.350. The second-order valence-electron chi connectivity index (χ2n) is 15.4. The Morgan fingerprint density at radius 2 is 1.71 bits per heavy atom. The molecule has 3 aliphatic rings. The molecule has 13 atom stereocenters. The van der Waals surface area contributed by atoms with Gasteiger partial charge in [0.05, 0.1) is 43.2 Å². The number of hydrogen-bond donors (Lipinski definition) is 1. The predicted molar refractivity (Wildman–Crippen MR) is 186 cm³/mol. The van der Waals surface area contributed by atoms with Crippen LogP contribution in [0.2, 0.25) is 0 Å². The highest BCUT2D eigenvalue weighted by molar-refractivity contribution is 6.08. The van der Waals surface area contributed by atoms with Crippen LogP contribution in [-0.4, -0.2) is 126 Å². The van der Waals surface area contributed by atoms with Crippen molar-refractivity contribution in [3.63, 3.8) is 0 Å². The summed E-state index contributed by atoms with van der Waals surface area (Å²) >= 11 is 0. The zero-order chi connectivity index (χ0) is 38.8. The third-order valence-electron chi connectivity index (χ3n) is 10.5. The van der Waals surface area contributed by atoms with Gasteiger partial charge in [-0.05, 0) is 72.5 Å². The van der Waals surface area contributed by atoms with Crippen LogP contribution in [0, 0.1) is 17.8 Å². The zero-order valence-corrected chi connectivity index (χ0v) is 32.3. The zero-order valence-electron chi connectivity index (χ0n) is 32.3. The van der Waals surface area contributed by atoms with Gasteiger partial charge in [0.25, 0.3) is 5.67 Å². The van der Waals surface area contributed by atoms with E-state index in [9.17, 15) is 24.3 Å². The van der Waals surface area contributed by atoms with E-state index in [-0.39, 0.29) is 38.2 Å². The number of cyclic esters (lactones) is 1. The molecule has 0 saturated carbocycles. The fourth-order valence-electron chi connectivity index (χ4n) is 7.90. The molecule has 51 heavy (non-hydrogen) atoms. The summed E-state index contributed by atoms with van der Waals surface area (Å²) in [7, 11) is 3.67. The Labute approximate surface area is 301 Å². The van der Waals surface area contributed by atoms with Crippen molar-refractivity contribution in [3.05, 3.63) is 12.2 Å². The Kier molecular flexibility index (Phi) is 13.9. The fraction of sp³-hybridized carbons (Fsp3) is 0.811. The number of ketones is 1. The maximum absolute atomic E-state index is 16.7. The molecule has 0 aliphatic carbocycles. The molecule has 0 aromatic carbocycles. The quantitative estimate of drug-likeness (QED) is 0.249. The van der Waals surface area contributed by atoms with Gasteiger partial charge in [-0.1, -0.05) is 34.3 Å². The van der Waals surface area contributed by atoms with Crippen molar-refractivity contribution < 1.29 is 57.1 Å². The number of amides is 1. The number of carbonyl (C=O) groups excluding carboxylic acids is 4. The first kappa shape index (κ1) is 42.8. The Bertz CT molecular complexity index is 1350. The summed E-state index contributed by atoms with van der Waals surface area (Å²) in [6.45, 7) is 18.9. The van der Waals surface area contributed by atoms with E-state index in [0.717, 1.165) is 6.92 Å². The van der Waals surface area contributed by atoms with E-state index in [1.54, 1.807) is 20.8 Å². The van der Waals surface area contributed by atoms with Crippen molar-refractivity contribution >= 4 is 29.3 Å². The average Bonchev–Trinajstić information content (AvgIpc) is 3.03. The molecule has 13 nitrogen and oxygen atoms in total. The maximum atomic E-state index is 16.7. The van der Waals surface area contributed by atoms with E-state index < -0.39 is 89.0 Å². The third-order valence-corrected chi connectivity index (χ3v) is 10.5. The molecular weight excluding hydrogens is 667 g/mol. The summed E-state index contributed by atoms with van der Waals surface area (Å²) in [4.78, 5) is 59.2. The van der Waals surface area contributed by atoms with Gasteiger partial charge in [-0.3, -0.25) is 14.4 Å². The van der Waals surface area contributed by atoms with E-state index in [2.05, 4.69) is 11.6 Å². The standard InChI is InChI=1S/C37H59FN2O11/c1-14-27-37(11,45)32-22(5)28(39-24(7)41)20(3)16-35(9,47-18-19(2)17-46-32)31(23(6)30(43)36(10,38)34(44)50-27)51-33-29(49-25(8)42)26(40(12)13)15-21(4)48-33/h20-23,26-27,29,31-33,45H,2,14-18H2,1,3-13H3/b39-28+/t20-,21-,22+,23+,26+,27-,29-,31-,32-,33+,35-,36+,37-/m1/s1. The molecule has 3 aliphatic heterocycles. The van der Waals surface area contributed by atoms with Gasteiger partial charge in [0.1, 0.15) is 11.7 Å². The van der Waals surface area contributed by atoms with E-state index in [4.69, 9.17) is 28.4 Å². The molecule has 14 heteroatoms. The van der Waals surface area contributed by atoms with Gasteiger partial charge in [0.15, 0.2) is 18.2 Å². The molecule has 0 aromatic rings. The van der Waals surface area contributed by atoms with Crippen molar-refractivity contribution in [3.8, 4) is 0 Å². The first-order chi connectivity index (χ1) is 23.5. The molecule has 290 valence electrons. The van der Waals surface area contributed by atoms with Crippen LogP contribution in [0.3, 0.4) is 0 Å². The second-order valence-corrected chi connectivity index (χ2v) is 15.4. The van der Waals surface area contributed by atoms with Gasteiger partial charge in [0.2, 0.25) is 5.91 Å². The molecule has 3 heterocycles. The SMILES string of the molecule is C=C1CO[C@@H]2[C@@H](C)/C(=N/C(C)=O)[C@H](C)C[C@@](C)(OC1)[C@H](O[C@@H]1O[C@H](C)C[C@H](N(C)C)[C@H]1OC(C)=O)[C@@H](C)C(=O)[C@](C)(F)C(=O)O[C@H](CC)[C@@]2(C)O. The lowest BCUT2D eigenvalue weighted by atomic mass is 9.73. The molecule has 1 amide bonds. The van der Waals surface area contributed by atoms with Gasteiger partial charge >= 0.3 is 11.9 Å². The molecule has 0 aromatic heterocycles. The van der Waals surface area contributed by atoms with E-state index in [1.807, 2.05) is 32.8 Å². The van der Waals surface area contributed by atoms with Crippen molar-refractivity contribution in [1.82, 2.24) is 4.90 Å². The van der Waals surface area contributed by atoms with E-state index in [0.29, 0.717) is 17.7 Å². The molecule has 0 unspecified atom stereocenters. The van der Waals surface area contributed by atoms with Crippen LogP contribution in [0.25, 0.3) is 0 Å². The van der Waals surface area contributed by atoms with Crippen LogP contribution in [0.1, 0.15) is 88.5 Å². The number of aliphatic hydroxyl groups is 1. The highest BCUT2D eigenvalue weighted by atomic mass is 19.1. The van der Waals surface area contributed by atoms with Crippen LogP contribution >= 0.6 is 0 Å². The summed E-state index contributed by atoms with van der Waals surface area (Å²) in [5, 5.41) is 12.1. The number of fused-ring (bicyclic) bond motifs is 5. The summed E-state index contributed by atoms with van der Waals surface area (Å²) in [5.74, 6) is -6.41. The highest BCUT2D eigenvalue weighted by Crippen LogP contribution is 2.41. The minimum Gasteiger partial charge on any atom is -0.457 e. The number of halogens is 1. The Morgan fingerprint density at radius 1 is 1.08 bits per heavy atom. The molecule has 0 spiro atoms. The van der Waals surface area contributed by atoms with Gasteiger partial charge in [0, 0.05) is 31.4 Å². The number of nitrogens with zero attached hydrogens (tertiary/aromatic N) is 2. The molecule has 3 rings (SSSR count). The van der Waals surface area contributed by atoms with Crippen LogP contribution < -0.4 is 0 Å². The Balaban J connectivity index is 2.36. The smallest absolute Gasteiger partial charge is 0.351 e.